The Balaban J connectivity index is 1.72. The standard InChI is InChI=1S/C18H21NOS/c1-14-8-9-17(15(2)12-14)19-18(20)10-11-21-13-16-6-4-3-5-7-16/h3-9,12H,10-11,13H2,1-2H3,(H,19,20). The molecule has 0 bridgehead atoms. The van der Waals surface area contributed by atoms with E-state index in [1.54, 1.807) is 11.8 Å². The quantitative estimate of drug-likeness (QED) is 0.792. The number of benzene rings is 2. The largest absolute Gasteiger partial charge is 0.326 e. The van der Waals surface area contributed by atoms with E-state index in [0.717, 1.165) is 22.8 Å². The molecule has 0 spiro atoms. The normalized spacial score (nSPS) is 10.4. The lowest BCUT2D eigenvalue weighted by molar-refractivity contribution is -0.115. The van der Waals surface area contributed by atoms with Crippen LogP contribution >= 0.6 is 11.8 Å². The van der Waals surface area contributed by atoms with Crippen LogP contribution in [-0.2, 0) is 10.5 Å². The predicted octanol–water partition coefficient (Wildman–Crippen LogP) is 4.57. The summed E-state index contributed by atoms with van der Waals surface area (Å²) in [6.07, 6.45) is 0.546. The summed E-state index contributed by atoms with van der Waals surface area (Å²) in [5, 5.41) is 2.98. The Morgan fingerprint density at radius 3 is 2.57 bits per heavy atom. The smallest absolute Gasteiger partial charge is 0.225 e. The Morgan fingerprint density at radius 2 is 1.86 bits per heavy atom. The molecule has 0 aliphatic rings. The summed E-state index contributed by atoms with van der Waals surface area (Å²) in [7, 11) is 0. The summed E-state index contributed by atoms with van der Waals surface area (Å²) in [5.74, 6) is 1.88. The Morgan fingerprint density at radius 1 is 1.10 bits per heavy atom. The second kappa shape index (κ2) is 7.89. The molecule has 0 atom stereocenters. The molecule has 2 aromatic rings. The first-order chi connectivity index (χ1) is 10.1. The van der Waals surface area contributed by atoms with Crippen LogP contribution in [0.25, 0.3) is 0 Å². The average Bonchev–Trinajstić information content (AvgIpc) is 2.48. The van der Waals surface area contributed by atoms with Gasteiger partial charge in [0.15, 0.2) is 0 Å². The zero-order chi connectivity index (χ0) is 15.1. The van der Waals surface area contributed by atoms with Crippen LogP contribution in [0.5, 0.6) is 0 Å². The van der Waals surface area contributed by atoms with Crippen LogP contribution in [0.3, 0.4) is 0 Å². The molecule has 3 heteroatoms. The third-order valence-corrected chi connectivity index (χ3v) is 4.27. The maximum atomic E-state index is 11.9. The van der Waals surface area contributed by atoms with Crippen molar-refractivity contribution in [3.63, 3.8) is 0 Å². The minimum atomic E-state index is 0.0857. The molecular weight excluding hydrogens is 278 g/mol. The van der Waals surface area contributed by atoms with Gasteiger partial charge in [-0.3, -0.25) is 4.79 Å². The minimum Gasteiger partial charge on any atom is -0.326 e. The summed E-state index contributed by atoms with van der Waals surface area (Å²) in [4.78, 5) is 11.9. The highest BCUT2D eigenvalue weighted by molar-refractivity contribution is 7.98. The van der Waals surface area contributed by atoms with Gasteiger partial charge in [0.1, 0.15) is 0 Å². The van der Waals surface area contributed by atoms with Crippen molar-refractivity contribution < 1.29 is 4.79 Å². The molecule has 0 saturated carbocycles. The molecule has 1 amide bonds. The second-order valence-electron chi connectivity index (χ2n) is 5.15. The van der Waals surface area contributed by atoms with Crippen molar-refractivity contribution in [3.05, 3.63) is 65.2 Å². The Kier molecular flexibility index (Phi) is 5.88. The maximum Gasteiger partial charge on any atom is 0.225 e. The van der Waals surface area contributed by atoms with Crippen LogP contribution in [0.1, 0.15) is 23.1 Å². The van der Waals surface area contributed by atoms with Gasteiger partial charge in [0, 0.05) is 23.6 Å². The number of nitrogens with one attached hydrogen (secondary N) is 1. The van der Waals surface area contributed by atoms with E-state index in [-0.39, 0.29) is 5.91 Å². The molecule has 0 fully saturated rings. The number of anilines is 1. The molecule has 0 unspecified atom stereocenters. The van der Waals surface area contributed by atoms with Crippen molar-refractivity contribution in [1.82, 2.24) is 0 Å². The molecule has 0 aliphatic heterocycles. The van der Waals surface area contributed by atoms with Crippen LogP contribution in [-0.4, -0.2) is 11.7 Å². The van der Waals surface area contributed by atoms with Gasteiger partial charge in [0.2, 0.25) is 5.91 Å². The lowest BCUT2D eigenvalue weighted by atomic mass is 10.1. The average molecular weight is 299 g/mol. The minimum absolute atomic E-state index is 0.0857. The molecular formula is C18H21NOS. The molecule has 0 aromatic heterocycles. The number of carbonyl (C=O) groups excluding carboxylic acids is 1. The summed E-state index contributed by atoms with van der Waals surface area (Å²) in [6, 6.07) is 16.4. The zero-order valence-corrected chi connectivity index (χ0v) is 13.4. The molecule has 2 rings (SSSR count). The van der Waals surface area contributed by atoms with Crippen molar-refractivity contribution in [2.75, 3.05) is 11.1 Å². The molecule has 0 aliphatic carbocycles. The number of amides is 1. The van der Waals surface area contributed by atoms with Crippen molar-refractivity contribution in [1.29, 1.82) is 0 Å². The first-order valence-corrected chi connectivity index (χ1v) is 8.29. The molecule has 21 heavy (non-hydrogen) atoms. The Bertz CT molecular complexity index is 595. The van der Waals surface area contributed by atoms with Gasteiger partial charge in [-0.15, -0.1) is 0 Å². The molecule has 1 N–H and O–H groups in total. The van der Waals surface area contributed by atoms with E-state index in [4.69, 9.17) is 0 Å². The lowest BCUT2D eigenvalue weighted by Gasteiger charge is -2.09. The fourth-order valence-electron chi connectivity index (χ4n) is 2.10. The van der Waals surface area contributed by atoms with E-state index >= 15 is 0 Å². The first-order valence-electron chi connectivity index (χ1n) is 7.14. The monoisotopic (exact) mass is 299 g/mol. The Labute approximate surface area is 131 Å². The molecule has 0 heterocycles. The zero-order valence-electron chi connectivity index (χ0n) is 12.6. The van der Waals surface area contributed by atoms with E-state index in [1.165, 1.54) is 11.1 Å². The van der Waals surface area contributed by atoms with Gasteiger partial charge in [0.05, 0.1) is 0 Å². The van der Waals surface area contributed by atoms with Gasteiger partial charge in [-0.1, -0.05) is 48.0 Å². The van der Waals surface area contributed by atoms with Gasteiger partial charge in [-0.25, -0.2) is 0 Å². The van der Waals surface area contributed by atoms with Crippen LogP contribution in [0.15, 0.2) is 48.5 Å². The van der Waals surface area contributed by atoms with E-state index in [0.29, 0.717) is 6.42 Å². The molecule has 0 saturated heterocycles. The number of hydrogen-bond acceptors (Lipinski definition) is 2. The number of rotatable bonds is 6. The van der Waals surface area contributed by atoms with Crippen LogP contribution < -0.4 is 5.32 Å². The summed E-state index contributed by atoms with van der Waals surface area (Å²) >= 11 is 1.79. The van der Waals surface area contributed by atoms with Gasteiger partial charge in [0.25, 0.3) is 0 Å². The number of thioether (sulfide) groups is 1. The van der Waals surface area contributed by atoms with Gasteiger partial charge >= 0.3 is 0 Å². The summed E-state index contributed by atoms with van der Waals surface area (Å²) < 4.78 is 0. The van der Waals surface area contributed by atoms with Crippen LogP contribution in [0, 0.1) is 13.8 Å². The van der Waals surface area contributed by atoms with E-state index < -0.39 is 0 Å². The molecule has 2 aromatic carbocycles. The summed E-state index contributed by atoms with van der Waals surface area (Å²) in [6.45, 7) is 4.07. The lowest BCUT2D eigenvalue weighted by Crippen LogP contribution is -2.13. The first kappa shape index (κ1) is 15.6. The van der Waals surface area contributed by atoms with Crippen LogP contribution in [0.4, 0.5) is 5.69 Å². The fraction of sp³-hybridized carbons (Fsp3) is 0.278. The van der Waals surface area contributed by atoms with Crippen molar-refractivity contribution >= 4 is 23.4 Å². The van der Waals surface area contributed by atoms with Gasteiger partial charge in [-0.2, -0.15) is 11.8 Å². The highest BCUT2D eigenvalue weighted by atomic mass is 32.2. The number of aryl methyl sites for hydroxylation is 2. The third-order valence-electron chi connectivity index (χ3n) is 3.24. The molecule has 0 radical (unpaired) electrons. The van der Waals surface area contributed by atoms with Crippen molar-refractivity contribution in [2.45, 2.75) is 26.0 Å². The number of hydrogen-bond donors (Lipinski definition) is 1. The topological polar surface area (TPSA) is 29.1 Å². The second-order valence-corrected chi connectivity index (χ2v) is 6.26. The highest BCUT2D eigenvalue weighted by Gasteiger charge is 2.05. The van der Waals surface area contributed by atoms with E-state index in [2.05, 4.69) is 30.4 Å². The van der Waals surface area contributed by atoms with Gasteiger partial charge < -0.3 is 5.32 Å². The van der Waals surface area contributed by atoms with E-state index in [1.807, 2.05) is 37.3 Å². The molecule has 110 valence electrons. The van der Waals surface area contributed by atoms with Gasteiger partial charge in [-0.05, 0) is 31.0 Å². The number of carbonyl (C=O) groups is 1. The summed E-state index contributed by atoms with van der Waals surface area (Å²) in [5.41, 5.74) is 4.54. The van der Waals surface area contributed by atoms with Crippen molar-refractivity contribution in [3.8, 4) is 0 Å². The van der Waals surface area contributed by atoms with E-state index in [9.17, 15) is 4.79 Å². The molecule has 2 nitrogen and oxygen atoms in total. The predicted molar refractivity (Wildman–Crippen MR) is 91.8 cm³/mol. The van der Waals surface area contributed by atoms with Crippen LogP contribution in [0.2, 0.25) is 0 Å². The maximum absolute atomic E-state index is 11.9. The van der Waals surface area contributed by atoms with Crippen molar-refractivity contribution in [2.24, 2.45) is 0 Å². The third kappa shape index (κ3) is 5.27. The highest BCUT2D eigenvalue weighted by Crippen LogP contribution is 2.17. The fourth-order valence-corrected chi connectivity index (χ4v) is 3.00. The Hall–Kier alpha value is -1.74. The SMILES string of the molecule is Cc1ccc(NC(=O)CCSCc2ccccc2)c(C)c1.